The molecule has 5 nitrogen and oxygen atoms in total. The highest BCUT2D eigenvalue weighted by atomic mass is 32.2. The van der Waals surface area contributed by atoms with Gasteiger partial charge >= 0.3 is 5.97 Å². The van der Waals surface area contributed by atoms with Crippen molar-refractivity contribution in [3.63, 3.8) is 0 Å². The van der Waals surface area contributed by atoms with Crippen LogP contribution in [-0.4, -0.2) is 27.2 Å². The molecule has 0 aromatic heterocycles. The number of hydrogen-bond donors (Lipinski definition) is 1. The summed E-state index contributed by atoms with van der Waals surface area (Å²) in [7, 11) is -2.06. The highest BCUT2D eigenvalue weighted by Crippen LogP contribution is 2.20. The number of carbonyl (C=O) groups excluding carboxylic acids is 1. The van der Waals surface area contributed by atoms with Crippen LogP contribution >= 0.6 is 0 Å². The lowest BCUT2D eigenvalue weighted by Gasteiger charge is -2.11. The molecule has 0 spiro atoms. The van der Waals surface area contributed by atoms with Crippen LogP contribution < -0.4 is 4.72 Å². The van der Waals surface area contributed by atoms with Crippen molar-refractivity contribution in [3.05, 3.63) is 29.3 Å². The van der Waals surface area contributed by atoms with E-state index in [0.29, 0.717) is 16.8 Å². The summed E-state index contributed by atoms with van der Waals surface area (Å²) in [5.41, 5.74) is 1.30. The Balaban J connectivity index is 3.16. The van der Waals surface area contributed by atoms with Gasteiger partial charge in [-0.25, -0.2) is 13.2 Å². The molecule has 17 heavy (non-hydrogen) atoms. The molecular formula is C11H15NO4S. The highest BCUT2D eigenvalue weighted by molar-refractivity contribution is 7.92. The van der Waals surface area contributed by atoms with E-state index in [4.69, 9.17) is 0 Å². The molecule has 0 fully saturated rings. The third kappa shape index (κ3) is 3.20. The van der Waals surface area contributed by atoms with E-state index in [1.807, 2.05) is 0 Å². The zero-order chi connectivity index (χ0) is 13.1. The molecule has 0 aliphatic rings. The molecule has 0 unspecified atom stereocenters. The average molecular weight is 257 g/mol. The second-order valence-electron chi connectivity index (χ2n) is 3.48. The predicted molar refractivity (Wildman–Crippen MR) is 65.6 cm³/mol. The van der Waals surface area contributed by atoms with E-state index in [1.54, 1.807) is 32.0 Å². The van der Waals surface area contributed by atoms with Crippen molar-refractivity contribution in [2.45, 2.75) is 13.8 Å². The van der Waals surface area contributed by atoms with Crippen LogP contribution in [0, 0.1) is 6.92 Å². The van der Waals surface area contributed by atoms with Gasteiger partial charge in [0.2, 0.25) is 10.0 Å². The number of sulfonamides is 1. The molecule has 0 radical (unpaired) electrons. The molecule has 0 aliphatic heterocycles. The number of ether oxygens (including phenoxy) is 1. The van der Waals surface area contributed by atoms with E-state index in [1.165, 1.54) is 7.11 Å². The van der Waals surface area contributed by atoms with E-state index in [9.17, 15) is 13.2 Å². The van der Waals surface area contributed by atoms with Crippen LogP contribution in [0.4, 0.5) is 5.69 Å². The molecule has 0 saturated heterocycles. The fourth-order valence-corrected chi connectivity index (χ4v) is 2.02. The normalized spacial score (nSPS) is 11.0. The Morgan fingerprint density at radius 1 is 1.41 bits per heavy atom. The van der Waals surface area contributed by atoms with Crippen LogP contribution in [0.3, 0.4) is 0 Å². The quantitative estimate of drug-likeness (QED) is 0.830. The summed E-state index contributed by atoms with van der Waals surface area (Å²) in [5.74, 6) is -0.505. The highest BCUT2D eigenvalue weighted by Gasteiger charge is 2.14. The van der Waals surface area contributed by atoms with Crippen LogP contribution in [0.15, 0.2) is 18.2 Å². The first-order valence-electron chi connectivity index (χ1n) is 5.09. The van der Waals surface area contributed by atoms with E-state index in [2.05, 4.69) is 9.46 Å². The Morgan fingerprint density at radius 2 is 2.06 bits per heavy atom. The summed E-state index contributed by atoms with van der Waals surface area (Å²) in [6.07, 6.45) is 0. The minimum absolute atomic E-state index is 0.0190. The number of carbonyl (C=O) groups is 1. The van der Waals surface area contributed by atoms with E-state index in [0.717, 1.165) is 0 Å². The van der Waals surface area contributed by atoms with Crippen LogP contribution in [0.25, 0.3) is 0 Å². The van der Waals surface area contributed by atoms with Crippen molar-refractivity contribution < 1.29 is 17.9 Å². The molecule has 0 heterocycles. The minimum Gasteiger partial charge on any atom is -0.465 e. The Labute approximate surface area is 101 Å². The molecule has 6 heteroatoms. The maximum absolute atomic E-state index is 11.4. The number of anilines is 1. The molecular weight excluding hydrogens is 242 g/mol. The van der Waals surface area contributed by atoms with Crippen molar-refractivity contribution in [2.24, 2.45) is 0 Å². The molecule has 1 N–H and O–H groups in total. The summed E-state index contributed by atoms with van der Waals surface area (Å²) >= 11 is 0. The molecule has 0 aliphatic carbocycles. The monoisotopic (exact) mass is 257 g/mol. The lowest BCUT2D eigenvalue weighted by atomic mass is 10.1. The lowest BCUT2D eigenvalue weighted by Crippen LogP contribution is -2.16. The van der Waals surface area contributed by atoms with Crippen molar-refractivity contribution in [1.29, 1.82) is 0 Å². The average Bonchev–Trinajstić information content (AvgIpc) is 2.31. The van der Waals surface area contributed by atoms with Crippen molar-refractivity contribution >= 4 is 21.7 Å². The predicted octanol–water partition coefficient (Wildman–Crippen LogP) is 1.54. The number of benzene rings is 1. The van der Waals surface area contributed by atoms with Crippen LogP contribution in [-0.2, 0) is 14.8 Å². The van der Waals surface area contributed by atoms with Crippen molar-refractivity contribution in [2.75, 3.05) is 17.6 Å². The van der Waals surface area contributed by atoms with E-state index >= 15 is 0 Å². The minimum atomic E-state index is -3.35. The van der Waals surface area contributed by atoms with Gasteiger partial charge < -0.3 is 4.74 Å². The maximum Gasteiger partial charge on any atom is 0.338 e. The summed E-state index contributed by atoms with van der Waals surface area (Å²) in [6, 6.07) is 4.80. The third-order valence-corrected chi connectivity index (χ3v) is 3.68. The maximum atomic E-state index is 11.4. The number of rotatable bonds is 4. The largest absolute Gasteiger partial charge is 0.465 e. The summed E-state index contributed by atoms with van der Waals surface area (Å²) in [4.78, 5) is 11.4. The Hall–Kier alpha value is -1.56. The van der Waals surface area contributed by atoms with Gasteiger partial charge in [-0.2, -0.15) is 0 Å². The van der Waals surface area contributed by atoms with Gasteiger partial charge in [0.25, 0.3) is 0 Å². The van der Waals surface area contributed by atoms with Crippen molar-refractivity contribution in [3.8, 4) is 0 Å². The molecule has 1 aromatic rings. The van der Waals surface area contributed by atoms with Gasteiger partial charge in [0.15, 0.2) is 0 Å². The Kier molecular flexibility index (Phi) is 4.11. The van der Waals surface area contributed by atoms with Gasteiger partial charge in [0.1, 0.15) is 0 Å². The van der Waals surface area contributed by atoms with E-state index in [-0.39, 0.29) is 5.75 Å². The molecule has 0 saturated carbocycles. The molecule has 0 bridgehead atoms. The zero-order valence-electron chi connectivity index (χ0n) is 9.98. The van der Waals surface area contributed by atoms with Gasteiger partial charge in [0, 0.05) is 0 Å². The fourth-order valence-electron chi connectivity index (χ4n) is 1.32. The Morgan fingerprint density at radius 3 is 2.59 bits per heavy atom. The third-order valence-electron chi connectivity index (χ3n) is 2.38. The smallest absolute Gasteiger partial charge is 0.338 e. The second kappa shape index (κ2) is 5.18. The second-order valence-corrected chi connectivity index (χ2v) is 5.49. The SMILES string of the molecule is CCS(=O)(=O)Nc1cccc(C(=O)OC)c1C. The van der Waals surface area contributed by atoms with Crippen LogP contribution in [0.1, 0.15) is 22.8 Å². The van der Waals surface area contributed by atoms with Crippen LogP contribution in [0.5, 0.6) is 0 Å². The summed E-state index contributed by atoms with van der Waals surface area (Å²) in [6.45, 7) is 3.21. The number of nitrogens with one attached hydrogen (secondary N) is 1. The number of methoxy groups -OCH3 is 1. The lowest BCUT2D eigenvalue weighted by molar-refractivity contribution is 0.0600. The number of esters is 1. The first-order chi connectivity index (χ1) is 7.91. The van der Waals surface area contributed by atoms with Crippen LogP contribution in [0.2, 0.25) is 0 Å². The van der Waals surface area contributed by atoms with Gasteiger partial charge in [-0.1, -0.05) is 6.07 Å². The van der Waals surface area contributed by atoms with Gasteiger partial charge in [-0.15, -0.1) is 0 Å². The molecule has 1 aromatic carbocycles. The molecule has 94 valence electrons. The van der Waals surface area contributed by atoms with Gasteiger partial charge in [-0.3, -0.25) is 4.72 Å². The molecule has 1 rings (SSSR count). The molecule has 0 atom stereocenters. The van der Waals surface area contributed by atoms with Gasteiger partial charge in [-0.05, 0) is 31.5 Å². The first kappa shape index (κ1) is 13.5. The number of hydrogen-bond acceptors (Lipinski definition) is 4. The van der Waals surface area contributed by atoms with Gasteiger partial charge in [0.05, 0.1) is 24.1 Å². The zero-order valence-corrected chi connectivity index (χ0v) is 10.8. The summed E-state index contributed by atoms with van der Waals surface area (Å²) < 4.78 is 29.9. The molecule has 0 amide bonds. The summed E-state index contributed by atoms with van der Waals surface area (Å²) in [5, 5.41) is 0. The topological polar surface area (TPSA) is 72.5 Å². The Bertz CT molecular complexity index is 522. The fraction of sp³-hybridized carbons (Fsp3) is 0.364. The standard InChI is InChI=1S/C11H15NO4S/c1-4-17(14,15)12-10-7-5-6-9(8(10)2)11(13)16-3/h5-7,12H,4H2,1-3H3. The van der Waals surface area contributed by atoms with Crippen molar-refractivity contribution in [1.82, 2.24) is 0 Å². The van der Waals surface area contributed by atoms with E-state index < -0.39 is 16.0 Å². The first-order valence-corrected chi connectivity index (χ1v) is 6.75.